The molecule has 6 heteroatoms. The van der Waals surface area contributed by atoms with Crippen LogP contribution in [-0.4, -0.2) is 10.9 Å². The Kier molecular flexibility index (Phi) is 5.16. The van der Waals surface area contributed by atoms with E-state index in [9.17, 15) is 13.6 Å². The van der Waals surface area contributed by atoms with Gasteiger partial charge in [0.1, 0.15) is 11.6 Å². The number of hydrogen-bond acceptors (Lipinski definition) is 3. The molecule has 4 rings (SSSR count). The monoisotopic (exact) mass is 390 g/mol. The number of para-hydroxylation sites is 1. The highest BCUT2D eigenvalue weighted by atomic mass is 19.1. The van der Waals surface area contributed by atoms with Gasteiger partial charge in [0.15, 0.2) is 11.6 Å². The molecule has 144 valence electrons. The molecule has 0 fully saturated rings. The van der Waals surface area contributed by atoms with Gasteiger partial charge in [0.25, 0.3) is 5.91 Å². The van der Waals surface area contributed by atoms with Crippen LogP contribution in [0.5, 0.6) is 11.5 Å². The smallest absolute Gasteiger partial charge is 0.251 e. The van der Waals surface area contributed by atoms with Gasteiger partial charge in [0.2, 0.25) is 0 Å². The number of benzene rings is 3. The van der Waals surface area contributed by atoms with E-state index in [0.29, 0.717) is 11.3 Å². The summed E-state index contributed by atoms with van der Waals surface area (Å²) in [5, 5.41) is 3.42. The Bertz CT molecular complexity index is 1190. The molecule has 29 heavy (non-hydrogen) atoms. The number of carbonyl (C=O) groups is 1. The normalized spacial score (nSPS) is 10.7. The average molecular weight is 390 g/mol. The van der Waals surface area contributed by atoms with Crippen LogP contribution in [0, 0.1) is 11.6 Å². The summed E-state index contributed by atoms with van der Waals surface area (Å²) in [5.41, 5.74) is 1.57. The Balaban J connectivity index is 1.55. The van der Waals surface area contributed by atoms with Crippen molar-refractivity contribution in [3.63, 3.8) is 0 Å². The molecule has 0 aliphatic rings. The van der Waals surface area contributed by atoms with E-state index in [2.05, 4.69) is 10.3 Å². The molecule has 0 saturated carbocycles. The van der Waals surface area contributed by atoms with Crippen LogP contribution in [0.3, 0.4) is 0 Å². The lowest BCUT2D eigenvalue weighted by atomic mass is 10.1. The molecule has 0 radical (unpaired) electrons. The van der Waals surface area contributed by atoms with Crippen molar-refractivity contribution >= 4 is 16.8 Å². The van der Waals surface area contributed by atoms with E-state index >= 15 is 0 Å². The van der Waals surface area contributed by atoms with Crippen LogP contribution in [0.4, 0.5) is 8.78 Å². The van der Waals surface area contributed by atoms with Gasteiger partial charge >= 0.3 is 0 Å². The number of rotatable bonds is 5. The molecule has 4 aromatic rings. The van der Waals surface area contributed by atoms with E-state index in [1.165, 1.54) is 30.3 Å². The maximum absolute atomic E-state index is 14.3. The van der Waals surface area contributed by atoms with Gasteiger partial charge in [-0.15, -0.1) is 0 Å². The minimum atomic E-state index is -0.590. The molecule has 3 aromatic carbocycles. The minimum Gasteiger partial charge on any atom is -0.453 e. The number of nitrogens with zero attached hydrogens (tertiary/aromatic N) is 1. The van der Waals surface area contributed by atoms with Crippen molar-refractivity contribution < 1.29 is 18.3 Å². The van der Waals surface area contributed by atoms with Gasteiger partial charge in [-0.25, -0.2) is 8.78 Å². The summed E-state index contributed by atoms with van der Waals surface area (Å²) in [6.45, 7) is 0.152. The van der Waals surface area contributed by atoms with Crippen molar-refractivity contribution in [2.75, 3.05) is 0 Å². The average Bonchev–Trinajstić information content (AvgIpc) is 2.74. The molecule has 0 saturated heterocycles. The second-order valence-corrected chi connectivity index (χ2v) is 6.39. The van der Waals surface area contributed by atoms with Gasteiger partial charge in [-0.1, -0.05) is 24.3 Å². The number of halogens is 2. The van der Waals surface area contributed by atoms with E-state index < -0.39 is 11.7 Å². The number of aromatic nitrogens is 1. The third-order valence-electron chi connectivity index (χ3n) is 4.36. The highest BCUT2D eigenvalue weighted by Gasteiger charge is 2.13. The fraction of sp³-hybridized carbons (Fsp3) is 0.0435. The van der Waals surface area contributed by atoms with Gasteiger partial charge in [0.05, 0.1) is 5.52 Å². The zero-order chi connectivity index (χ0) is 20.2. The lowest BCUT2D eigenvalue weighted by Gasteiger charge is -2.11. The molecule has 0 bridgehead atoms. The molecule has 1 heterocycles. The Morgan fingerprint density at radius 3 is 2.66 bits per heavy atom. The van der Waals surface area contributed by atoms with Crippen LogP contribution >= 0.6 is 0 Å². The highest BCUT2D eigenvalue weighted by Crippen LogP contribution is 2.30. The predicted octanol–water partition coefficient (Wildman–Crippen LogP) is 5.24. The standard InChI is InChI=1S/C23H16F2N2O2/c24-17-5-3-4-15(12-17)14-27-23(28)16-8-9-19(25)22(13-16)29-21-10-11-26-20-7-2-1-6-18(20)21/h1-13H,14H2,(H,27,28). The van der Waals surface area contributed by atoms with Crippen LogP contribution in [0.1, 0.15) is 15.9 Å². The number of ether oxygens (including phenoxy) is 1. The number of fused-ring (bicyclic) bond motifs is 1. The van der Waals surface area contributed by atoms with Crippen molar-refractivity contribution in [2.45, 2.75) is 6.54 Å². The Morgan fingerprint density at radius 2 is 1.79 bits per heavy atom. The van der Waals surface area contributed by atoms with Crippen molar-refractivity contribution in [1.29, 1.82) is 0 Å². The van der Waals surface area contributed by atoms with Crippen molar-refractivity contribution in [2.24, 2.45) is 0 Å². The number of carbonyl (C=O) groups excluding carboxylic acids is 1. The molecular formula is C23H16F2N2O2. The Morgan fingerprint density at radius 1 is 0.931 bits per heavy atom. The summed E-state index contributed by atoms with van der Waals surface area (Å²) in [6, 6.07) is 18.8. The first-order valence-corrected chi connectivity index (χ1v) is 8.94. The summed E-state index contributed by atoms with van der Waals surface area (Å²) < 4.78 is 33.3. The molecule has 1 amide bonds. The number of amides is 1. The molecule has 0 atom stereocenters. The second kappa shape index (κ2) is 8.06. The molecule has 1 N–H and O–H groups in total. The summed E-state index contributed by atoms with van der Waals surface area (Å²) in [5.74, 6) is -1.02. The number of nitrogens with one attached hydrogen (secondary N) is 1. The Hall–Kier alpha value is -3.80. The third kappa shape index (κ3) is 4.21. The summed E-state index contributed by atoms with van der Waals surface area (Å²) >= 11 is 0. The van der Waals surface area contributed by atoms with Gasteiger partial charge < -0.3 is 10.1 Å². The fourth-order valence-corrected chi connectivity index (χ4v) is 2.93. The lowest BCUT2D eigenvalue weighted by Crippen LogP contribution is -2.22. The first-order chi connectivity index (χ1) is 14.1. The van der Waals surface area contributed by atoms with E-state index in [1.807, 2.05) is 24.3 Å². The molecule has 0 aliphatic carbocycles. The van der Waals surface area contributed by atoms with Crippen LogP contribution in [-0.2, 0) is 6.54 Å². The lowest BCUT2D eigenvalue weighted by molar-refractivity contribution is 0.0950. The Labute approximate surface area is 165 Å². The summed E-state index contributed by atoms with van der Waals surface area (Å²) in [7, 11) is 0. The van der Waals surface area contributed by atoms with Crippen LogP contribution in [0.15, 0.2) is 79.0 Å². The largest absolute Gasteiger partial charge is 0.453 e. The first kappa shape index (κ1) is 18.6. The van der Waals surface area contributed by atoms with Gasteiger partial charge in [-0.05, 0) is 54.1 Å². The van der Waals surface area contributed by atoms with Gasteiger partial charge in [-0.3, -0.25) is 9.78 Å². The van der Waals surface area contributed by atoms with Crippen LogP contribution in [0.25, 0.3) is 10.9 Å². The topological polar surface area (TPSA) is 51.2 Å². The van der Waals surface area contributed by atoms with E-state index in [4.69, 9.17) is 4.74 Å². The predicted molar refractivity (Wildman–Crippen MR) is 106 cm³/mol. The molecule has 4 nitrogen and oxygen atoms in total. The zero-order valence-corrected chi connectivity index (χ0v) is 15.2. The maximum Gasteiger partial charge on any atom is 0.251 e. The number of hydrogen-bond donors (Lipinski definition) is 1. The van der Waals surface area contributed by atoms with Crippen molar-refractivity contribution in [3.05, 3.63) is 102 Å². The first-order valence-electron chi connectivity index (χ1n) is 8.94. The van der Waals surface area contributed by atoms with Crippen LogP contribution in [0.2, 0.25) is 0 Å². The fourth-order valence-electron chi connectivity index (χ4n) is 2.93. The highest BCUT2D eigenvalue weighted by molar-refractivity contribution is 5.94. The minimum absolute atomic E-state index is 0.0697. The van der Waals surface area contributed by atoms with Crippen molar-refractivity contribution in [1.82, 2.24) is 10.3 Å². The molecule has 0 unspecified atom stereocenters. The van der Waals surface area contributed by atoms with E-state index in [0.717, 1.165) is 10.9 Å². The summed E-state index contributed by atoms with van der Waals surface area (Å²) in [4.78, 5) is 16.7. The van der Waals surface area contributed by atoms with E-state index in [1.54, 1.807) is 24.4 Å². The van der Waals surface area contributed by atoms with E-state index in [-0.39, 0.29) is 23.7 Å². The SMILES string of the molecule is O=C(NCc1cccc(F)c1)c1ccc(F)c(Oc2ccnc3ccccc23)c1. The maximum atomic E-state index is 14.3. The van der Waals surface area contributed by atoms with Crippen LogP contribution < -0.4 is 10.1 Å². The molecular weight excluding hydrogens is 374 g/mol. The third-order valence-corrected chi connectivity index (χ3v) is 4.36. The molecule has 0 aliphatic heterocycles. The van der Waals surface area contributed by atoms with Gasteiger partial charge in [-0.2, -0.15) is 0 Å². The summed E-state index contributed by atoms with van der Waals surface area (Å²) in [6.07, 6.45) is 1.57. The molecule has 1 aromatic heterocycles. The second-order valence-electron chi connectivity index (χ2n) is 6.39. The number of pyridine rings is 1. The van der Waals surface area contributed by atoms with Gasteiger partial charge in [0, 0.05) is 23.7 Å². The zero-order valence-electron chi connectivity index (χ0n) is 15.2. The quantitative estimate of drug-likeness (QED) is 0.507. The van der Waals surface area contributed by atoms with Crippen molar-refractivity contribution in [3.8, 4) is 11.5 Å². The molecule has 0 spiro atoms.